The SMILES string of the molecule is CCCn1c(C)cc2c(c(C)c(C(C)=O)c(=O)n2CCC)c1=O. The molecule has 2 rings (SSSR count). The van der Waals surface area contributed by atoms with Crippen molar-refractivity contribution in [3.05, 3.63) is 43.6 Å². The van der Waals surface area contributed by atoms with E-state index in [0.717, 1.165) is 18.5 Å². The number of hydrogen-bond donors (Lipinski definition) is 0. The second-order valence-electron chi connectivity index (χ2n) is 6.02. The van der Waals surface area contributed by atoms with E-state index >= 15 is 0 Å². The lowest BCUT2D eigenvalue weighted by Gasteiger charge is -2.17. The van der Waals surface area contributed by atoms with Crippen LogP contribution in [0.25, 0.3) is 10.9 Å². The molecule has 0 aliphatic carbocycles. The smallest absolute Gasteiger partial charge is 0.262 e. The lowest BCUT2D eigenvalue weighted by molar-refractivity contribution is 0.101. The molecule has 2 aromatic rings. The van der Waals surface area contributed by atoms with E-state index in [-0.39, 0.29) is 22.5 Å². The Labute approximate surface area is 135 Å². The summed E-state index contributed by atoms with van der Waals surface area (Å²) in [7, 11) is 0. The molecule has 0 unspecified atom stereocenters. The molecule has 0 aliphatic rings. The highest BCUT2D eigenvalue weighted by Crippen LogP contribution is 2.18. The monoisotopic (exact) mass is 316 g/mol. The van der Waals surface area contributed by atoms with Crippen molar-refractivity contribution in [1.82, 2.24) is 9.13 Å². The van der Waals surface area contributed by atoms with Gasteiger partial charge in [-0.15, -0.1) is 0 Å². The average Bonchev–Trinajstić information content (AvgIpc) is 2.47. The summed E-state index contributed by atoms with van der Waals surface area (Å²) < 4.78 is 3.30. The maximum absolute atomic E-state index is 12.9. The third-order valence-corrected chi connectivity index (χ3v) is 4.23. The van der Waals surface area contributed by atoms with Crippen LogP contribution in [0.5, 0.6) is 0 Å². The van der Waals surface area contributed by atoms with Crippen molar-refractivity contribution in [2.45, 2.75) is 60.5 Å². The molecule has 2 heterocycles. The zero-order valence-corrected chi connectivity index (χ0v) is 14.5. The Morgan fingerprint density at radius 2 is 1.57 bits per heavy atom. The molecule has 0 saturated carbocycles. The Kier molecular flexibility index (Phi) is 4.88. The predicted molar refractivity (Wildman–Crippen MR) is 92.5 cm³/mol. The third-order valence-electron chi connectivity index (χ3n) is 4.23. The number of Topliss-reactive ketones (excluding diaryl/α,β-unsaturated/α-hetero) is 1. The van der Waals surface area contributed by atoms with E-state index in [1.165, 1.54) is 6.92 Å². The van der Waals surface area contributed by atoms with Gasteiger partial charge >= 0.3 is 0 Å². The van der Waals surface area contributed by atoms with E-state index in [2.05, 4.69) is 0 Å². The number of pyridine rings is 2. The number of fused-ring (bicyclic) bond motifs is 1. The molecule has 5 heteroatoms. The number of hydrogen-bond acceptors (Lipinski definition) is 3. The first kappa shape index (κ1) is 17.2. The van der Waals surface area contributed by atoms with Crippen molar-refractivity contribution in [2.75, 3.05) is 0 Å². The van der Waals surface area contributed by atoms with E-state index < -0.39 is 0 Å². The van der Waals surface area contributed by atoms with Crippen LogP contribution in [-0.4, -0.2) is 14.9 Å². The summed E-state index contributed by atoms with van der Waals surface area (Å²) in [6.45, 7) is 10.1. The van der Waals surface area contributed by atoms with E-state index in [0.29, 0.717) is 29.6 Å². The summed E-state index contributed by atoms with van der Waals surface area (Å²) in [5.41, 5.74) is 1.69. The van der Waals surface area contributed by atoms with Gasteiger partial charge in [0.05, 0.1) is 16.5 Å². The van der Waals surface area contributed by atoms with Crippen molar-refractivity contribution in [3.8, 4) is 0 Å². The van der Waals surface area contributed by atoms with Gasteiger partial charge in [0.15, 0.2) is 5.78 Å². The van der Waals surface area contributed by atoms with E-state index in [1.807, 2.05) is 26.8 Å². The fourth-order valence-corrected chi connectivity index (χ4v) is 3.21. The van der Waals surface area contributed by atoms with E-state index in [1.54, 1.807) is 16.1 Å². The van der Waals surface area contributed by atoms with Crippen molar-refractivity contribution < 1.29 is 4.79 Å². The minimum absolute atomic E-state index is 0.119. The third kappa shape index (κ3) is 2.76. The molecule has 0 amide bonds. The van der Waals surface area contributed by atoms with Gasteiger partial charge in [-0.05, 0) is 45.2 Å². The fraction of sp³-hybridized carbons (Fsp3) is 0.500. The number of carbonyl (C=O) groups excluding carboxylic acids is 1. The Morgan fingerprint density at radius 1 is 1.00 bits per heavy atom. The minimum atomic E-state index is -0.295. The van der Waals surface area contributed by atoms with E-state index in [9.17, 15) is 14.4 Å². The molecular weight excluding hydrogens is 292 g/mol. The van der Waals surface area contributed by atoms with Crippen LogP contribution in [0.3, 0.4) is 0 Å². The summed E-state index contributed by atoms with van der Waals surface area (Å²) >= 11 is 0. The molecule has 0 aromatic carbocycles. The molecule has 0 saturated heterocycles. The molecular formula is C18H24N2O3. The molecule has 23 heavy (non-hydrogen) atoms. The van der Waals surface area contributed by atoms with Crippen molar-refractivity contribution in [1.29, 1.82) is 0 Å². The Hall–Kier alpha value is -2.17. The molecule has 0 bridgehead atoms. The summed E-state index contributed by atoms with van der Waals surface area (Å²) in [5.74, 6) is -0.290. The maximum Gasteiger partial charge on any atom is 0.262 e. The van der Waals surface area contributed by atoms with Crippen LogP contribution in [0, 0.1) is 13.8 Å². The van der Waals surface area contributed by atoms with Crippen LogP contribution in [0.4, 0.5) is 0 Å². The highest BCUT2D eigenvalue weighted by Gasteiger charge is 2.20. The molecule has 0 N–H and O–H groups in total. The minimum Gasteiger partial charge on any atom is -0.312 e. The van der Waals surface area contributed by atoms with Crippen LogP contribution in [0.2, 0.25) is 0 Å². The number of aryl methyl sites for hydroxylation is 3. The van der Waals surface area contributed by atoms with Gasteiger partial charge in [0.25, 0.3) is 11.1 Å². The quantitative estimate of drug-likeness (QED) is 0.797. The van der Waals surface area contributed by atoms with Crippen molar-refractivity contribution in [2.24, 2.45) is 0 Å². The zero-order valence-electron chi connectivity index (χ0n) is 14.5. The summed E-state index contributed by atoms with van der Waals surface area (Å²) in [4.78, 5) is 37.6. The Balaban J connectivity index is 3.09. The molecule has 0 fully saturated rings. The van der Waals surface area contributed by atoms with E-state index in [4.69, 9.17) is 0 Å². The molecule has 0 radical (unpaired) electrons. The van der Waals surface area contributed by atoms with Gasteiger partial charge < -0.3 is 9.13 Å². The maximum atomic E-state index is 12.9. The first-order valence-corrected chi connectivity index (χ1v) is 8.13. The molecule has 0 aliphatic heterocycles. The number of ketones is 1. The molecule has 5 nitrogen and oxygen atoms in total. The topological polar surface area (TPSA) is 61.1 Å². The number of rotatable bonds is 5. The second kappa shape index (κ2) is 6.52. The average molecular weight is 316 g/mol. The van der Waals surface area contributed by atoms with Gasteiger partial charge in [-0.2, -0.15) is 0 Å². The van der Waals surface area contributed by atoms with Crippen LogP contribution in [0.15, 0.2) is 15.7 Å². The Bertz CT molecular complexity index is 888. The van der Waals surface area contributed by atoms with Gasteiger partial charge in [0, 0.05) is 18.8 Å². The molecule has 0 atom stereocenters. The van der Waals surface area contributed by atoms with Crippen LogP contribution in [-0.2, 0) is 13.1 Å². The zero-order chi connectivity index (χ0) is 17.3. The fourth-order valence-electron chi connectivity index (χ4n) is 3.21. The van der Waals surface area contributed by atoms with Gasteiger partial charge in [-0.3, -0.25) is 14.4 Å². The summed E-state index contributed by atoms with van der Waals surface area (Å²) in [6.07, 6.45) is 1.60. The number of aromatic nitrogens is 2. The van der Waals surface area contributed by atoms with Gasteiger partial charge in [0.2, 0.25) is 0 Å². The highest BCUT2D eigenvalue weighted by atomic mass is 16.1. The Morgan fingerprint density at radius 3 is 2.09 bits per heavy atom. The molecule has 0 spiro atoms. The first-order valence-electron chi connectivity index (χ1n) is 8.13. The lowest BCUT2D eigenvalue weighted by Crippen LogP contribution is -2.32. The largest absolute Gasteiger partial charge is 0.312 e. The standard InChI is InChI=1S/C18H24N2O3/c1-6-8-19-11(3)10-14-16(18(19)23)12(4)15(13(5)21)17(22)20(14)9-7-2/h10H,6-9H2,1-5H3. The van der Waals surface area contributed by atoms with Crippen LogP contribution in [0.1, 0.15) is 55.2 Å². The summed E-state index contributed by atoms with van der Waals surface area (Å²) in [5, 5.41) is 0.488. The number of carbonyl (C=O) groups is 1. The van der Waals surface area contributed by atoms with Crippen molar-refractivity contribution in [3.63, 3.8) is 0 Å². The van der Waals surface area contributed by atoms with Crippen LogP contribution < -0.4 is 11.1 Å². The molecule has 2 aromatic heterocycles. The lowest BCUT2D eigenvalue weighted by atomic mass is 10.0. The van der Waals surface area contributed by atoms with Gasteiger partial charge in [-0.25, -0.2) is 0 Å². The first-order chi connectivity index (χ1) is 10.8. The van der Waals surface area contributed by atoms with Gasteiger partial charge in [-0.1, -0.05) is 13.8 Å². The van der Waals surface area contributed by atoms with Crippen LogP contribution >= 0.6 is 0 Å². The second-order valence-corrected chi connectivity index (χ2v) is 6.02. The molecule has 124 valence electrons. The normalized spacial score (nSPS) is 11.2. The van der Waals surface area contributed by atoms with Gasteiger partial charge in [0.1, 0.15) is 0 Å². The number of nitrogens with zero attached hydrogens (tertiary/aromatic N) is 2. The highest BCUT2D eigenvalue weighted by molar-refractivity contribution is 5.99. The van der Waals surface area contributed by atoms with Crippen molar-refractivity contribution >= 4 is 16.7 Å². The predicted octanol–water partition coefficient (Wildman–Crippen LogP) is 2.80. The summed E-state index contributed by atoms with van der Waals surface area (Å²) in [6, 6.07) is 1.89.